The molecule has 0 radical (unpaired) electrons. The second-order valence-electron chi connectivity index (χ2n) is 5.78. The van der Waals surface area contributed by atoms with E-state index in [9.17, 15) is 0 Å². The minimum Gasteiger partial charge on any atom is -0.487 e. The summed E-state index contributed by atoms with van der Waals surface area (Å²) in [6.45, 7) is 2.48. The van der Waals surface area contributed by atoms with Crippen LogP contribution in [0.3, 0.4) is 0 Å². The van der Waals surface area contributed by atoms with Crippen LogP contribution in [0.25, 0.3) is 0 Å². The Balaban J connectivity index is 1.76. The third-order valence-electron chi connectivity index (χ3n) is 3.76. The van der Waals surface area contributed by atoms with E-state index in [1.807, 2.05) is 67.6 Å². The van der Waals surface area contributed by atoms with Crippen LogP contribution >= 0.6 is 43.5 Å². The lowest BCUT2D eigenvalue weighted by Gasteiger charge is -2.11. The lowest BCUT2D eigenvalue weighted by molar-refractivity contribution is 0.302. The van der Waals surface area contributed by atoms with Gasteiger partial charge in [0.15, 0.2) is 0 Å². The molecule has 0 fully saturated rings. The fourth-order valence-corrected chi connectivity index (χ4v) is 3.96. The van der Waals surface area contributed by atoms with E-state index in [0.717, 1.165) is 37.1 Å². The normalized spacial score (nSPS) is 11.1. The van der Waals surface area contributed by atoms with Crippen molar-refractivity contribution in [3.63, 3.8) is 0 Å². The summed E-state index contributed by atoms with van der Waals surface area (Å²) in [6.07, 6.45) is 1.80. The van der Waals surface area contributed by atoms with E-state index in [2.05, 4.69) is 36.9 Å². The van der Waals surface area contributed by atoms with Crippen LogP contribution in [0.1, 0.15) is 16.7 Å². The van der Waals surface area contributed by atoms with Gasteiger partial charge in [-0.15, -0.1) is 0 Å². The maximum atomic E-state index is 6.15. The summed E-state index contributed by atoms with van der Waals surface area (Å²) in [5.41, 5.74) is 3.92. The predicted octanol–water partition coefficient (Wildman–Crippen LogP) is 7.50. The van der Waals surface area contributed by atoms with Gasteiger partial charge in [0.05, 0.1) is 14.6 Å². The first-order valence-corrected chi connectivity index (χ1v) is 9.95. The largest absolute Gasteiger partial charge is 0.487 e. The first-order valence-electron chi connectivity index (χ1n) is 7.99. The molecule has 5 heteroatoms. The molecule has 3 aromatic rings. The SMILES string of the molecule is Cc1ccc(N=Cc2cc(Br)c(OCc3ccccc3)c(Br)c2)cc1Cl. The number of rotatable bonds is 5. The van der Waals surface area contributed by atoms with Crippen molar-refractivity contribution in [2.45, 2.75) is 13.5 Å². The Morgan fingerprint density at radius 1 is 1.00 bits per heavy atom. The summed E-state index contributed by atoms with van der Waals surface area (Å²) in [5, 5.41) is 0.715. The molecule has 0 saturated heterocycles. The van der Waals surface area contributed by atoms with Gasteiger partial charge in [-0.3, -0.25) is 4.99 Å². The fourth-order valence-electron chi connectivity index (χ4n) is 2.33. The van der Waals surface area contributed by atoms with Gasteiger partial charge in [0.2, 0.25) is 0 Å². The van der Waals surface area contributed by atoms with Gasteiger partial charge >= 0.3 is 0 Å². The van der Waals surface area contributed by atoms with Crippen molar-refractivity contribution >= 4 is 55.4 Å². The topological polar surface area (TPSA) is 21.6 Å². The highest BCUT2D eigenvalue weighted by Gasteiger charge is 2.09. The average molecular weight is 494 g/mol. The van der Waals surface area contributed by atoms with Gasteiger partial charge in [-0.05, 0) is 79.7 Å². The third-order valence-corrected chi connectivity index (χ3v) is 5.35. The van der Waals surface area contributed by atoms with Gasteiger partial charge < -0.3 is 4.74 Å². The van der Waals surface area contributed by atoms with Crippen molar-refractivity contribution in [1.29, 1.82) is 0 Å². The molecular formula is C21H16Br2ClNO. The maximum Gasteiger partial charge on any atom is 0.148 e. The number of halogens is 3. The fraction of sp³-hybridized carbons (Fsp3) is 0.0952. The molecule has 26 heavy (non-hydrogen) atoms. The summed E-state index contributed by atoms with van der Waals surface area (Å²) in [6, 6.07) is 19.8. The molecule has 0 amide bonds. The number of hydrogen-bond acceptors (Lipinski definition) is 2. The smallest absolute Gasteiger partial charge is 0.148 e. The van der Waals surface area contributed by atoms with Crippen LogP contribution in [0, 0.1) is 6.92 Å². The van der Waals surface area contributed by atoms with E-state index < -0.39 is 0 Å². The minimum absolute atomic E-state index is 0.507. The van der Waals surface area contributed by atoms with Gasteiger partial charge in [-0.25, -0.2) is 0 Å². The van der Waals surface area contributed by atoms with Gasteiger partial charge in [0, 0.05) is 11.2 Å². The van der Waals surface area contributed by atoms with E-state index >= 15 is 0 Å². The van der Waals surface area contributed by atoms with Gasteiger partial charge in [-0.1, -0.05) is 48.0 Å². The van der Waals surface area contributed by atoms with Crippen LogP contribution in [0.2, 0.25) is 5.02 Å². The molecule has 0 spiro atoms. The molecule has 0 bridgehead atoms. The van der Waals surface area contributed by atoms with Crippen LogP contribution < -0.4 is 4.74 Å². The quantitative estimate of drug-likeness (QED) is 0.337. The van der Waals surface area contributed by atoms with Crippen LogP contribution in [0.5, 0.6) is 5.75 Å². The number of benzene rings is 3. The molecule has 0 aliphatic heterocycles. The van der Waals surface area contributed by atoms with Gasteiger partial charge in [0.1, 0.15) is 12.4 Å². The highest BCUT2D eigenvalue weighted by Crippen LogP contribution is 2.35. The zero-order valence-electron chi connectivity index (χ0n) is 14.0. The van der Waals surface area contributed by atoms with Gasteiger partial charge in [0.25, 0.3) is 0 Å². The summed E-state index contributed by atoms with van der Waals surface area (Å²) in [5.74, 6) is 0.768. The highest BCUT2D eigenvalue weighted by atomic mass is 79.9. The van der Waals surface area contributed by atoms with Crippen LogP contribution in [-0.2, 0) is 6.61 Å². The number of aryl methyl sites for hydroxylation is 1. The highest BCUT2D eigenvalue weighted by molar-refractivity contribution is 9.11. The second-order valence-corrected chi connectivity index (χ2v) is 7.90. The standard InChI is InChI=1S/C21H16Br2ClNO/c1-14-7-8-17(11-20(14)24)25-12-16-9-18(22)21(19(23)10-16)26-13-15-5-3-2-4-6-15/h2-12H,13H2,1H3. The van der Waals surface area contributed by atoms with Crippen LogP contribution in [0.4, 0.5) is 5.69 Å². The van der Waals surface area contributed by atoms with Crippen molar-refractivity contribution in [2.24, 2.45) is 4.99 Å². The summed E-state index contributed by atoms with van der Waals surface area (Å²) >= 11 is 13.3. The number of aliphatic imine (C=N–C) groups is 1. The Hall–Kier alpha value is -1.62. The van der Waals surface area contributed by atoms with Crippen molar-refractivity contribution in [2.75, 3.05) is 0 Å². The maximum absolute atomic E-state index is 6.15. The molecule has 0 saturated carbocycles. The molecule has 0 unspecified atom stereocenters. The Morgan fingerprint density at radius 3 is 2.35 bits per heavy atom. The van der Waals surface area contributed by atoms with Crippen molar-refractivity contribution in [1.82, 2.24) is 0 Å². The average Bonchev–Trinajstić information content (AvgIpc) is 2.63. The molecule has 0 aliphatic rings. The summed E-state index contributed by atoms with van der Waals surface area (Å²) < 4.78 is 7.68. The minimum atomic E-state index is 0.507. The van der Waals surface area contributed by atoms with E-state index in [-0.39, 0.29) is 0 Å². The lowest BCUT2D eigenvalue weighted by atomic mass is 10.2. The van der Waals surface area contributed by atoms with Crippen molar-refractivity contribution in [3.8, 4) is 5.75 Å². The molecule has 2 nitrogen and oxygen atoms in total. The lowest BCUT2D eigenvalue weighted by Crippen LogP contribution is -1.97. The predicted molar refractivity (Wildman–Crippen MR) is 116 cm³/mol. The van der Waals surface area contributed by atoms with Crippen molar-refractivity contribution in [3.05, 3.63) is 91.3 Å². The first-order chi connectivity index (χ1) is 12.5. The molecule has 0 N–H and O–H groups in total. The number of nitrogens with zero attached hydrogens (tertiary/aromatic N) is 1. The third kappa shape index (κ3) is 4.97. The van der Waals surface area contributed by atoms with E-state index in [1.165, 1.54) is 0 Å². The summed E-state index contributed by atoms with van der Waals surface area (Å²) in [7, 11) is 0. The molecular weight excluding hydrogens is 477 g/mol. The molecule has 0 atom stereocenters. The molecule has 132 valence electrons. The zero-order valence-corrected chi connectivity index (χ0v) is 18.0. The zero-order chi connectivity index (χ0) is 18.5. The van der Waals surface area contributed by atoms with Gasteiger partial charge in [-0.2, -0.15) is 0 Å². The van der Waals surface area contributed by atoms with Crippen molar-refractivity contribution < 1.29 is 4.74 Å². The Labute approximate surface area is 175 Å². The Bertz CT molecular complexity index is 919. The molecule has 0 heterocycles. The summed E-state index contributed by atoms with van der Waals surface area (Å²) in [4.78, 5) is 4.49. The monoisotopic (exact) mass is 491 g/mol. The Morgan fingerprint density at radius 2 is 1.69 bits per heavy atom. The Kier molecular flexibility index (Phi) is 6.52. The van der Waals surface area contributed by atoms with E-state index in [0.29, 0.717) is 11.6 Å². The molecule has 3 aromatic carbocycles. The number of ether oxygens (including phenoxy) is 1. The first kappa shape index (κ1) is 19.2. The molecule has 0 aromatic heterocycles. The van der Waals surface area contributed by atoms with Crippen LogP contribution in [-0.4, -0.2) is 6.21 Å². The van der Waals surface area contributed by atoms with Crippen LogP contribution in [0.15, 0.2) is 74.6 Å². The molecule has 0 aliphatic carbocycles. The van der Waals surface area contributed by atoms with E-state index in [1.54, 1.807) is 6.21 Å². The molecule has 3 rings (SSSR count). The second kappa shape index (κ2) is 8.85. The van der Waals surface area contributed by atoms with E-state index in [4.69, 9.17) is 16.3 Å². The number of hydrogen-bond donors (Lipinski definition) is 0.